The number of nitrogens with two attached hydrogens (primary N) is 1. The van der Waals surface area contributed by atoms with Crippen LogP contribution in [0.2, 0.25) is 0 Å². The van der Waals surface area contributed by atoms with E-state index in [0.29, 0.717) is 6.54 Å². The molecule has 11 heavy (non-hydrogen) atoms. The van der Waals surface area contributed by atoms with Crippen molar-refractivity contribution in [3.05, 3.63) is 0 Å². The summed E-state index contributed by atoms with van der Waals surface area (Å²) in [5.41, 5.74) is 5.44. The van der Waals surface area contributed by atoms with Gasteiger partial charge in [-0.2, -0.15) is 0 Å². The summed E-state index contributed by atoms with van der Waals surface area (Å²) in [5.74, 6) is 0. The molecule has 0 saturated heterocycles. The number of aliphatic hydroxyl groups excluding tert-OH is 1. The number of nitrogens with one attached hydrogen (secondary N) is 1. The minimum absolute atomic E-state index is 0.0390. The molecule has 0 spiro atoms. The lowest BCUT2D eigenvalue weighted by Crippen LogP contribution is -2.37. The van der Waals surface area contributed by atoms with Crippen molar-refractivity contribution in [1.82, 2.24) is 5.32 Å². The Hall–Kier alpha value is -0.160. The maximum absolute atomic E-state index is 8.55. The number of rotatable bonds is 7. The summed E-state index contributed by atoms with van der Waals surface area (Å²) in [6, 6.07) is -0.141. The van der Waals surface area contributed by atoms with E-state index in [0.717, 1.165) is 19.6 Å². The van der Waals surface area contributed by atoms with Gasteiger partial charge in [-0.25, -0.2) is 0 Å². The summed E-state index contributed by atoms with van der Waals surface area (Å²) in [7, 11) is 1.68. The first kappa shape index (κ1) is 10.8. The van der Waals surface area contributed by atoms with E-state index in [9.17, 15) is 0 Å². The van der Waals surface area contributed by atoms with Crippen LogP contribution in [0.5, 0.6) is 0 Å². The molecule has 4 N–H and O–H groups in total. The molecular formula is C7H18N2O2. The lowest BCUT2D eigenvalue weighted by atomic mass is 10.3. The average Bonchev–Trinajstić information content (AvgIpc) is 2.04. The molecule has 0 aromatic carbocycles. The fourth-order valence-electron chi connectivity index (χ4n) is 0.694. The standard InChI is InChI=1S/C7H18N2O2/c1-11-4-2-3-9-5-7(8)6-10/h7,9-10H,2-6,8H2,1H3. The van der Waals surface area contributed by atoms with E-state index in [1.54, 1.807) is 7.11 Å². The van der Waals surface area contributed by atoms with Gasteiger partial charge in [-0.1, -0.05) is 0 Å². The van der Waals surface area contributed by atoms with Crippen molar-refractivity contribution in [2.24, 2.45) is 5.73 Å². The van der Waals surface area contributed by atoms with Gasteiger partial charge in [0.1, 0.15) is 0 Å². The Morgan fingerprint density at radius 2 is 2.36 bits per heavy atom. The van der Waals surface area contributed by atoms with Gasteiger partial charge in [0.2, 0.25) is 0 Å². The normalized spacial score (nSPS) is 13.4. The average molecular weight is 162 g/mol. The Labute approximate surface area is 67.7 Å². The molecule has 0 aromatic rings. The van der Waals surface area contributed by atoms with Gasteiger partial charge in [0.15, 0.2) is 0 Å². The van der Waals surface area contributed by atoms with Crippen LogP contribution in [0.4, 0.5) is 0 Å². The molecule has 4 nitrogen and oxygen atoms in total. The van der Waals surface area contributed by atoms with Crippen LogP contribution in [-0.2, 0) is 4.74 Å². The third-order valence-electron chi connectivity index (χ3n) is 1.34. The molecule has 0 rings (SSSR count). The highest BCUT2D eigenvalue weighted by molar-refractivity contribution is 4.61. The van der Waals surface area contributed by atoms with Crippen molar-refractivity contribution in [3.63, 3.8) is 0 Å². The summed E-state index contributed by atoms with van der Waals surface area (Å²) in [4.78, 5) is 0. The largest absolute Gasteiger partial charge is 0.395 e. The molecule has 0 radical (unpaired) electrons. The highest BCUT2D eigenvalue weighted by atomic mass is 16.5. The maximum atomic E-state index is 8.55. The Morgan fingerprint density at radius 3 is 2.91 bits per heavy atom. The topological polar surface area (TPSA) is 67.5 Å². The lowest BCUT2D eigenvalue weighted by Gasteiger charge is -2.08. The number of hydrogen-bond acceptors (Lipinski definition) is 4. The molecule has 1 unspecified atom stereocenters. The van der Waals surface area contributed by atoms with Gasteiger partial charge >= 0.3 is 0 Å². The van der Waals surface area contributed by atoms with Crippen LogP contribution in [0.15, 0.2) is 0 Å². The van der Waals surface area contributed by atoms with Crippen molar-refractivity contribution in [2.75, 3.05) is 33.4 Å². The van der Waals surface area contributed by atoms with Crippen LogP contribution < -0.4 is 11.1 Å². The Morgan fingerprint density at radius 1 is 1.64 bits per heavy atom. The van der Waals surface area contributed by atoms with Crippen molar-refractivity contribution in [2.45, 2.75) is 12.5 Å². The zero-order chi connectivity index (χ0) is 8.53. The van der Waals surface area contributed by atoms with Crippen molar-refractivity contribution < 1.29 is 9.84 Å². The summed E-state index contributed by atoms with van der Waals surface area (Å²) in [6.45, 7) is 2.36. The SMILES string of the molecule is COCCCNCC(N)CO. The Balaban J connectivity index is 2.89. The van der Waals surface area contributed by atoms with Crippen LogP contribution in [0.25, 0.3) is 0 Å². The van der Waals surface area contributed by atoms with E-state index in [-0.39, 0.29) is 12.6 Å². The van der Waals surface area contributed by atoms with Gasteiger partial charge in [0.25, 0.3) is 0 Å². The summed E-state index contributed by atoms with van der Waals surface area (Å²) in [5, 5.41) is 11.7. The minimum atomic E-state index is -0.141. The molecule has 1 atom stereocenters. The van der Waals surface area contributed by atoms with E-state index in [1.165, 1.54) is 0 Å². The smallest absolute Gasteiger partial charge is 0.0594 e. The van der Waals surface area contributed by atoms with E-state index in [4.69, 9.17) is 15.6 Å². The molecule has 0 saturated carbocycles. The monoisotopic (exact) mass is 162 g/mol. The molecule has 0 fully saturated rings. The molecule has 0 heterocycles. The zero-order valence-electron chi connectivity index (χ0n) is 7.05. The summed E-state index contributed by atoms with van der Waals surface area (Å²) in [6.07, 6.45) is 0.981. The Bertz CT molecular complexity index is 80.8. The van der Waals surface area contributed by atoms with Crippen LogP contribution >= 0.6 is 0 Å². The predicted molar refractivity (Wildman–Crippen MR) is 44.4 cm³/mol. The van der Waals surface area contributed by atoms with Gasteiger partial charge in [-0.3, -0.25) is 0 Å². The molecule has 0 amide bonds. The van der Waals surface area contributed by atoms with Gasteiger partial charge in [-0.05, 0) is 13.0 Å². The molecule has 4 heteroatoms. The molecule has 0 aromatic heterocycles. The van der Waals surface area contributed by atoms with Crippen LogP contribution in [-0.4, -0.2) is 44.6 Å². The number of ether oxygens (including phenoxy) is 1. The van der Waals surface area contributed by atoms with Crippen molar-refractivity contribution in [1.29, 1.82) is 0 Å². The van der Waals surface area contributed by atoms with Gasteiger partial charge in [0, 0.05) is 26.3 Å². The summed E-state index contributed by atoms with van der Waals surface area (Å²) < 4.78 is 4.85. The first-order chi connectivity index (χ1) is 5.31. The number of methoxy groups -OCH3 is 1. The van der Waals surface area contributed by atoms with E-state index in [1.807, 2.05) is 0 Å². The van der Waals surface area contributed by atoms with Gasteiger partial charge in [-0.15, -0.1) is 0 Å². The first-order valence-electron chi connectivity index (χ1n) is 3.87. The fourth-order valence-corrected chi connectivity index (χ4v) is 0.694. The molecule has 0 aliphatic heterocycles. The van der Waals surface area contributed by atoms with Gasteiger partial charge < -0.3 is 20.9 Å². The second kappa shape index (κ2) is 7.94. The van der Waals surface area contributed by atoms with E-state index < -0.39 is 0 Å². The molecular weight excluding hydrogens is 144 g/mol. The van der Waals surface area contributed by atoms with E-state index in [2.05, 4.69) is 5.32 Å². The maximum Gasteiger partial charge on any atom is 0.0594 e. The van der Waals surface area contributed by atoms with Crippen LogP contribution in [0, 0.1) is 0 Å². The predicted octanol–water partition coefficient (Wildman–Crippen LogP) is -1.07. The first-order valence-corrected chi connectivity index (χ1v) is 3.87. The second-order valence-corrected chi connectivity index (χ2v) is 2.49. The summed E-state index contributed by atoms with van der Waals surface area (Å²) >= 11 is 0. The molecule has 0 bridgehead atoms. The molecule has 0 aliphatic rings. The molecule has 68 valence electrons. The highest BCUT2D eigenvalue weighted by Gasteiger charge is 1.97. The third-order valence-corrected chi connectivity index (χ3v) is 1.34. The lowest BCUT2D eigenvalue weighted by molar-refractivity contribution is 0.193. The molecule has 0 aliphatic carbocycles. The Kier molecular flexibility index (Phi) is 7.83. The quantitative estimate of drug-likeness (QED) is 0.417. The van der Waals surface area contributed by atoms with Crippen LogP contribution in [0.1, 0.15) is 6.42 Å². The van der Waals surface area contributed by atoms with Crippen molar-refractivity contribution >= 4 is 0 Å². The van der Waals surface area contributed by atoms with E-state index >= 15 is 0 Å². The van der Waals surface area contributed by atoms with Crippen LogP contribution in [0.3, 0.4) is 0 Å². The zero-order valence-corrected chi connectivity index (χ0v) is 7.05. The minimum Gasteiger partial charge on any atom is -0.395 e. The number of hydrogen-bond donors (Lipinski definition) is 3. The number of aliphatic hydroxyl groups is 1. The highest BCUT2D eigenvalue weighted by Crippen LogP contribution is 1.77. The third kappa shape index (κ3) is 7.74. The van der Waals surface area contributed by atoms with Crippen molar-refractivity contribution in [3.8, 4) is 0 Å². The fraction of sp³-hybridized carbons (Fsp3) is 1.00. The second-order valence-electron chi connectivity index (χ2n) is 2.49. The van der Waals surface area contributed by atoms with Gasteiger partial charge in [0.05, 0.1) is 6.61 Å².